The van der Waals surface area contributed by atoms with Gasteiger partial charge in [0.15, 0.2) is 0 Å². The van der Waals surface area contributed by atoms with Crippen LogP contribution in [0.3, 0.4) is 0 Å². The number of hydrogen-bond acceptors (Lipinski definition) is 4. The molecule has 0 saturated heterocycles. The number of nitrogens with zero attached hydrogens (tertiary/aromatic N) is 2. The second kappa shape index (κ2) is 6.93. The van der Waals surface area contributed by atoms with Gasteiger partial charge in [0.05, 0.1) is 5.39 Å². The van der Waals surface area contributed by atoms with Crippen LogP contribution in [0.2, 0.25) is 0 Å². The SMILES string of the molecule is Cc1ccc(CCC(C(=O)O)n2c(C)nc3sc4c(c3c2=O)CCC4)cc1. The number of thiophene rings is 1. The number of rotatable bonds is 5. The molecule has 5 nitrogen and oxygen atoms in total. The summed E-state index contributed by atoms with van der Waals surface area (Å²) < 4.78 is 1.39. The molecular weight excluding hydrogens is 360 g/mol. The molecule has 140 valence electrons. The summed E-state index contributed by atoms with van der Waals surface area (Å²) in [7, 11) is 0. The Hall–Kier alpha value is -2.47. The van der Waals surface area contributed by atoms with E-state index in [1.807, 2.05) is 31.2 Å². The molecule has 1 aliphatic rings. The van der Waals surface area contributed by atoms with Crippen molar-refractivity contribution in [1.82, 2.24) is 9.55 Å². The summed E-state index contributed by atoms with van der Waals surface area (Å²) in [6, 6.07) is 7.15. The number of aliphatic carboxylic acids is 1. The third-order valence-corrected chi connectivity index (χ3v) is 6.56. The highest BCUT2D eigenvalue weighted by atomic mass is 32.1. The van der Waals surface area contributed by atoms with E-state index >= 15 is 0 Å². The summed E-state index contributed by atoms with van der Waals surface area (Å²) in [5.74, 6) is -0.510. The number of fused-ring (bicyclic) bond motifs is 3. The van der Waals surface area contributed by atoms with Crippen molar-refractivity contribution in [2.75, 3.05) is 0 Å². The van der Waals surface area contributed by atoms with Gasteiger partial charge in [-0.2, -0.15) is 0 Å². The minimum Gasteiger partial charge on any atom is -0.480 e. The van der Waals surface area contributed by atoms with Crippen molar-refractivity contribution in [3.8, 4) is 0 Å². The number of hydrogen-bond donors (Lipinski definition) is 1. The summed E-state index contributed by atoms with van der Waals surface area (Å²) in [4.78, 5) is 31.8. The summed E-state index contributed by atoms with van der Waals surface area (Å²) >= 11 is 1.58. The Morgan fingerprint density at radius 3 is 2.70 bits per heavy atom. The van der Waals surface area contributed by atoms with E-state index in [0.29, 0.717) is 24.1 Å². The molecule has 1 unspecified atom stereocenters. The lowest BCUT2D eigenvalue weighted by Gasteiger charge is -2.18. The molecule has 0 amide bonds. The standard InChI is InChI=1S/C21H22N2O3S/c1-12-6-8-14(9-7-12)10-11-16(21(25)26)23-13(2)22-19-18(20(23)24)15-4-3-5-17(15)27-19/h6-9,16H,3-5,10-11H2,1-2H3,(H,25,26). The van der Waals surface area contributed by atoms with Crippen molar-refractivity contribution < 1.29 is 9.90 Å². The zero-order valence-electron chi connectivity index (χ0n) is 15.5. The quantitative estimate of drug-likeness (QED) is 0.728. The average Bonchev–Trinajstić information content (AvgIpc) is 3.19. The number of carbonyl (C=O) groups is 1. The summed E-state index contributed by atoms with van der Waals surface area (Å²) in [5.41, 5.74) is 3.13. The van der Waals surface area contributed by atoms with Gasteiger partial charge in [0, 0.05) is 4.88 Å². The van der Waals surface area contributed by atoms with E-state index in [-0.39, 0.29) is 5.56 Å². The Morgan fingerprint density at radius 1 is 1.26 bits per heavy atom. The molecule has 0 fully saturated rings. The molecule has 1 aromatic carbocycles. The molecule has 0 radical (unpaired) electrons. The molecule has 1 atom stereocenters. The predicted octanol–water partition coefficient (Wildman–Crippen LogP) is 3.82. The van der Waals surface area contributed by atoms with Crippen LogP contribution in [0.25, 0.3) is 10.2 Å². The van der Waals surface area contributed by atoms with E-state index in [2.05, 4.69) is 4.98 Å². The zero-order chi connectivity index (χ0) is 19.1. The van der Waals surface area contributed by atoms with Gasteiger partial charge in [-0.25, -0.2) is 9.78 Å². The number of benzene rings is 1. The maximum atomic E-state index is 13.2. The van der Waals surface area contributed by atoms with Crippen LogP contribution in [0.5, 0.6) is 0 Å². The summed E-state index contributed by atoms with van der Waals surface area (Å²) in [5, 5.41) is 10.5. The highest BCUT2D eigenvalue weighted by Gasteiger charge is 2.27. The summed E-state index contributed by atoms with van der Waals surface area (Å²) in [6.07, 6.45) is 3.89. The van der Waals surface area contributed by atoms with Gasteiger partial charge in [-0.05, 0) is 57.1 Å². The van der Waals surface area contributed by atoms with Gasteiger partial charge in [-0.3, -0.25) is 9.36 Å². The lowest BCUT2D eigenvalue weighted by atomic mass is 10.0. The van der Waals surface area contributed by atoms with Crippen LogP contribution in [0.4, 0.5) is 0 Å². The van der Waals surface area contributed by atoms with Crippen LogP contribution in [-0.2, 0) is 24.1 Å². The first-order chi connectivity index (χ1) is 13.0. The topological polar surface area (TPSA) is 72.2 Å². The normalized spacial score (nSPS) is 14.4. The van der Waals surface area contributed by atoms with Crippen LogP contribution in [-0.4, -0.2) is 20.6 Å². The van der Waals surface area contributed by atoms with E-state index in [1.54, 1.807) is 18.3 Å². The van der Waals surface area contributed by atoms with Gasteiger partial charge >= 0.3 is 5.97 Å². The number of aromatic nitrogens is 2. The molecule has 2 heterocycles. The fraction of sp³-hybridized carbons (Fsp3) is 0.381. The molecule has 6 heteroatoms. The second-order valence-corrected chi connectivity index (χ2v) is 8.33. The van der Waals surface area contributed by atoms with Gasteiger partial charge in [-0.15, -0.1) is 11.3 Å². The molecule has 0 saturated carbocycles. The van der Waals surface area contributed by atoms with Gasteiger partial charge in [0.1, 0.15) is 16.7 Å². The second-order valence-electron chi connectivity index (χ2n) is 7.25. The van der Waals surface area contributed by atoms with E-state index in [1.165, 1.54) is 15.0 Å². The molecule has 0 aliphatic heterocycles. The monoisotopic (exact) mass is 382 g/mol. The molecule has 3 aromatic rings. The van der Waals surface area contributed by atoms with Crippen molar-refractivity contribution in [2.24, 2.45) is 0 Å². The molecule has 2 aromatic heterocycles. The highest BCUT2D eigenvalue weighted by Crippen LogP contribution is 2.35. The molecular formula is C21H22N2O3S. The Morgan fingerprint density at radius 2 is 2.00 bits per heavy atom. The predicted molar refractivity (Wildman–Crippen MR) is 107 cm³/mol. The molecule has 4 rings (SSSR count). The molecule has 1 aliphatic carbocycles. The molecule has 0 bridgehead atoms. The number of carboxylic acids is 1. The van der Waals surface area contributed by atoms with E-state index in [9.17, 15) is 14.7 Å². The minimum absolute atomic E-state index is 0.201. The van der Waals surface area contributed by atoms with Crippen LogP contribution in [0.15, 0.2) is 29.1 Å². The maximum Gasteiger partial charge on any atom is 0.326 e. The smallest absolute Gasteiger partial charge is 0.326 e. The molecule has 0 spiro atoms. The van der Waals surface area contributed by atoms with E-state index in [4.69, 9.17) is 0 Å². The lowest BCUT2D eigenvalue weighted by molar-refractivity contribution is -0.141. The van der Waals surface area contributed by atoms with E-state index < -0.39 is 12.0 Å². The van der Waals surface area contributed by atoms with Crippen molar-refractivity contribution in [1.29, 1.82) is 0 Å². The van der Waals surface area contributed by atoms with Crippen LogP contribution >= 0.6 is 11.3 Å². The van der Waals surface area contributed by atoms with Gasteiger partial charge in [0.25, 0.3) is 5.56 Å². The van der Waals surface area contributed by atoms with Crippen molar-refractivity contribution in [2.45, 2.75) is 52.0 Å². The van der Waals surface area contributed by atoms with Crippen molar-refractivity contribution in [3.05, 3.63) is 62.0 Å². The highest BCUT2D eigenvalue weighted by molar-refractivity contribution is 7.18. The van der Waals surface area contributed by atoms with Crippen LogP contribution < -0.4 is 5.56 Å². The third kappa shape index (κ3) is 3.18. The largest absolute Gasteiger partial charge is 0.480 e. The Kier molecular flexibility index (Phi) is 4.60. The first-order valence-electron chi connectivity index (χ1n) is 9.27. The fourth-order valence-electron chi connectivity index (χ4n) is 3.95. The number of aryl methyl sites for hydroxylation is 5. The zero-order valence-corrected chi connectivity index (χ0v) is 16.3. The van der Waals surface area contributed by atoms with Crippen LogP contribution in [0.1, 0.15) is 46.3 Å². The first kappa shape index (κ1) is 17.9. The minimum atomic E-state index is -0.986. The Labute approximate surface area is 161 Å². The first-order valence-corrected chi connectivity index (χ1v) is 10.1. The van der Waals surface area contributed by atoms with E-state index in [0.717, 1.165) is 35.2 Å². The van der Waals surface area contributed by atoms with Gasteiger partial charge in [-0.1, -0.05) is 29.8 Å². The van der Waals surface area contributed by atoms with Crippen molar-refractivity contribution >= 4 is 27.5 Å². The lowest BCUT2D eigenvalue weighted by Crippen LogP contribution is -2.33. The molecule has 1 N–H and O–H groups in total. The van der Waals surface area contributed by atoms with Gasteiger partial charge < -0.3 is 5.11 Å². The summed E-state index contributed by atoms with van der Waals surface area (Å²) in [6.45, 7) is 3.75. The Bertz CT molecular complexity index is 1080. The Balaban J connectivity index is 1.74. The fourth-order valence-corrected chi connectivity index (χ4v) is 5.24. The molecule has 27 heavy (non-hydrogen) atoms. The van der Waals surface area contributed by atoms with Crippen molar-refractivity contribution in [3.63, 3.8) is 0 Å². The number of carboxylic acid groups (broad SMARTS) is 1. The maximum absolute atomic E-state index is 13.2. The third-order valence-electron chi connectivity index (χ3n) is 5.37. The van der Waals surface area contributed by atoms with Gasteiger partial charge in [0.2, 0.25) is 0 Å². The van der Waals surface area contributed by atoms with Crippen LogP contribution in [0, 0.1) is 13.8 Å². The average molecular weight is 382 g/mol.